The number of aliphatic hydroxyl groups excluding tert-OH is 2. The van der Waals surface area contributed by atoms with E-state index < -0.39 is 57.3 Å². The zero-order chi connectivity index (χ0) is 31.6. The Balaban J connectivity index is 1.22. The highest BCUT2D eigenvalue weighted by atomic mass is 31.2. The number of aromatic nitrogens is 8. The summed E-state index contributed by atoms with van der Waals surface area (Å²) in [6.07, 6.45) is 2.54. The molecular formula is C26H36N9O9P. The first kappa shape index (κ1) is 31.9. The van der Waals surface area contributed by atoms with Crippen LogP contribution in [-0.2, 0) is 30.1 Å². The normalized spacial score (nSPS) is 25.4. The van der Waals surface area contributed by atoms with Crippen LogP contribution in [0.1, 0.15) is 56.4 Å². The molecule has 2 unspecified atom stereocenters. The largest absolute Gasteiger partial charge is 0.387 e. The van der Waals surface area contributed by atoms with Gasteiger partial charge in [0.05, 0.1) is 31.4 Å². The topological polar surface area (TPSA) is 245 Å². The van der Waals surface area contributed by atoms with Crippen molar-refractivity contribution in [2.24, 2.45) is 5.92 Å². The van der Waals surface area contributed by atoms with Gasteiger partial charge in [0.15, 0.2) is 17.7 Å². The van der Waals surface area contributed by atoms with Gasteiger partial charge in [0.25, 0.3) is 0 Å². The molecule has 5 atom stereocenters. The van der Waals surface area contributed by atoms with E-state index in [0.29, 0.717) is 28.6 Å². The van der Waals surface area contributed by atoms with Gasteiger partial charge in [0.2, 0.25) is 11.2 Å². The fourth-order valence-corrected chi connectivity index (χ4v) is 6.19. The van der Waals surface area contributed by atoms with Crippen molar-refractivity contribution >= 4 is 24.4 Å². The molecule has 1 saturated heterocycles. The number of aromatic amines is 1. The number of tetrazole rings is 1. The average Bonchev–Trinajstić information content (AvgIpc) is 3.38. The first-order valence-corrected chi connectivity index (χ1v) is 16.3. The first-order chi connectivity index (χ1) is 21.7. The second-order valence-corrected chi connectivity index (χ2v) is 13.4. The standard InChI is InChI=1S/C26H36N9O9P/c1-41-13-26(45(38,39)40,14-42-12-20-31-33-34-32-20)43-11-18-21(36)22(37)25(44-18)35-24-17(10-27-35)23(28-16-4-2-3-5-16)29-19(30-24)9-8-15-6-7-15/h10,15-16,18,21-22,25,36-37H,2-7,11-14H2,1H3,(H,28,29,30)(H2,38,39,40)(H,31,32,33,34)/t18-,21-,22-,25?,26?/m1/s1. The number of hydrogen-bond acceptors (Lipinski definition) is 14. The van der Waals surface area contributed by atoms with Crippen LogP contribution in [-0.4, -0.2) is 117 Å². The quantitative estimate of drug-likeness (QED) is 0.104. The molecule has 18 nitrogen and oxygen atoms in total. The Labute approximate surface area is 257 Å². The third-order valence-corrected chi connectivity index (χ3v) is 9.51. The van der Waals surface area contributed by atoms with Crippen LogP contribution in [0, 0.1) is 17.8 Å². The first-order valence-electron chi connectivity index (χ1n) is 14.7. The van der Waals surface area contributed by atoms with E-state index in [0.717, 1.165) is 38.5 Å². The van der Waals surface area contributed by atoms with Gasteiger partial charge in [-0.2, -0.15) is 10.3 Å². The summed E-state index contributed by atoms with van der Waals surface area (Å²) in [5.74, 6) is 7.60. The van der Waals surface area contributed by atoms with Crippen LogP contribution >= 0.6 is 7.60 Å². The van der Waals surface area contributed by atoms with Gasteiger partial charge in [-0.1, -0.05) is 24.0 Å². The minimum absolute atomic E-state index is 0.158. The Morgan fingerprint density at radius 1 is 1.18 bits per heavy atom. The fraction of sp³-hybridized carbons (Fsp3) is 0.692. The second-order valence-electron chi connectivity index (χ2n) is 11.5. The molecule has 0 spiro atoms. The third-order valence-electron chi connectivity index (χ3n) is 8.06. The summed E-state index contributed by atoms with van der Waals surface area (Å²) in [5, 5.41) is 41.4. The molecular weight excluding hydrogens is 613 g/mol. The molecule has 2 saturated carbocycles. The lowest BCUT2D eigenvalue weighted by Gasteiger charge is -2.34. The summed E-state index contributed by atoms with van der Waals surface area (Å²) in [6.45, 7) is -1.92. The molecule has 4 heterocycles. The van der Waals surface area contributed by atoms with Gasteiger partial charge >= 0.3 is 7.60 Å². The van der Waals surface area contributed by atoms with Crippen molar-refractivity contribution in [1.82, 2.24) is 40.4 Å². The molecule has 3 aliphatic rings. The number of ether oxygens (including phenoxy) is 4. The van der Waals surface area contributed by atoms with E-state index in [1.807, 2.05) is 0 Å². The summed E-state index contributed by atoms with van der Waals surface area (Å²) >= 11 is 0. The number of nitrogens with zero attached hydrogens (tertiary/aromatic N) is 7. The van der Waals surface area contributed by atoms with Crippen molar-refractivity contribution in [2.45, 2.75) is 81.1 Å². The predicted octanol–water partition coefficient (Wildman–Crippen LogP) is -0.172. The van der Waals surface area contributed by atoms with E-state index in [-0.39, 0.29) is 18.5 Å². The molecule has 0 amide bonds. The zero-order valence-electron chi connectivity index (χ0n) is 24.5. The summed E-state index contributed by atoms with van der Waals surface area (Å²) in [4.78, 5) is 29.8. The van der Waals surface area contributed by atoms with E-state index in [1.54, 1.807) is 6.20 Å². The molecule has 45 heavy (non-hydrogen) atoms. The number of nitrogens with one attached hydrogen (secondary N) is 2. The van der Waals surface area contributed by atoms with E-state index in [9.17, 15) is 24.6 Å². The molecule has 19 heteroatoms. The van der Waals surface area contributed by atoms with Crippen molar-refractivity contribution in [2.75, 3.05) is 32.2 Å². The molecule has 244 valence electrons. The van der Waals surface area contributed by atoms with Crippen LogP contribution in [0.15, 0.2) is 6.20 Å². The molecule has 2 aliphatic carbocycles. The Morgan fingerprint density at radius 2 is 1.98 bits per heavy atom. The van der Waals surface area contributed by atoms with Gasteiger partial charge in [-0.05, 0) is 31.6 Å². The molecule has 1 aliphatic heterocycles. The number of fused-ring (bicyclic) bond motifs is 1. The molecule has 0 aromatic carbocycles. The Morgan fingerprint density at radius 3 is 2.67 bits per heavy atom. The lowest BCUT2D eigenvalue weighted by Crippen LogP contribution is -2.45. The minimum Gasteiger partial charge on any atom is -0.387 e. The maximum absolute atomic E-state index is 12.6. The van der Waals surface area contributed by atoms with E-state index in [4.69, 9.17) is 18.9 Å². The van der Waals surface area contributed by atoms with Crippen LogP contribution in [0.5, 0.6) is 0 Å². The van der Waals surface area contributed by atoms with E-state index >= 15 is 0 Å². The van der Waals surface area contributed by atoms with Gasteiger partial charge in [0, 0.05) is 19.1 Å². The molecule has 6 N–H and O–H groups in total. The van der Waals surface area contributed by atoms with Gasteiger partial charge in [-0.3, -0.25) is 4.57 Å². The molecule has 3 fully saturated rings. The van der Waals surface area contributed by atoms with Crippen molar-refractivity contribution in [3.8, 4) is 11.8 Å². The number of aliphatic hydroxyl groups is 2. The van der Waals surface area contributed by atoms with Gasteiger partial charge in [0.1, 0.15) is 30.7 Å². The van der Waals surface area contributed by atoms with E-state index in [1.165, 1.54) is 11.8 Å². The zero-order valence-corrected chi connectivity index (χ0v) is 25.4. The highest BCUT2D eigenvalue weighted by molar-refractivity contribution is 7.53. The number of anilines is 1. The minimum atomic E-state index is -5.04. The average molecular weight is 650 g/mol. The van der Waals surface area contributed by atoms with Crippen molar-refractivity contribution < 1.29 is 43.5 Å². The lowest BCUT2D eigenvalue weighted by molar-refractivity contribution is -0.135. The molecule has 6 rings (SSSR count). The molecule has 0 radical (unpaired) electrons. The van der Waals surface area contributed by atoms with E-state index in [2.05, 4.69) is 52.8 Å². The maximum Gasteiger partial charge on any atom is 0.361 e. The lowest BCUT2D eigenvalue weighted by atomic mass is 10.1. The molecule has 0 bridgehead atoms. The number of rotatable bonds is 13. The fourth-order valence-electron chi connectivity index (χ4n) is 5.39. The summed E-state index contributed by atoms with van der Waals surface area (Å²) in [5.41, 5.74) is 0.349. The molecule has 3 aromatic heterocycles. The van der Waals surface area contributed by atoms with Gasteiger partial charge in [-0.15, -0.1) is 10.2 Å². The SMILES string of the molecule is COCC(COCc1nn[nH]n1)(OC[C@H]1OC(n2ncc3c(NC4CCCC4)nc(C#CC4CC4)nc32)[C@H](O)[C@@H]1O)P(=O)(O)O. The van der Waals surface area contributed by atoms with Crippen LogP contribution in [0.25, 0.3) is 11.0 Å². The van der Waals surface area contributed by atoms with Crippen LogP contribution in [0.4, 0.5) is 5.82 Å². The van der Waals surface area contributed by atoms with Gasteiger partial charge < -0.3 is 44.3 Å². The summed E-state index contributed by atoms with van der Waals surface area (Å²) in [6, 6.07) is 0.255. The highest BCUT2D eigenvalue weighted by Gasteiger charge is 2.52. The number of methoxy groups -OCH3 is 1. The van der Waals surface area contributed by atoms with Gasteiger partial charge in [-0.25, -0.2) is 14.6 Å². The van der Waals surface area contributed by atoms with Crippen LogP contribution < -0.4 is 5.32 Å². The third kappa shape index (κ3) is 7.02. The monoisotopic (exact) mass is 649 g/mol. The number of H-pyrrole nitrogens is 1. The molecule has 3 aromatic rings. The highest BCUT2D eigenvalue weighted by Crippen LogP contribution is 2.52. The van der Waals surface area contributed by atoms with Crippen molar-refractivity contribution in [3.63, 3.8) is 0 Å². The summed E-state index contributed by atoms with van der Waals surface area (Å²) in [7, 11) is -3.79. The van der Waals surface area contributed by atoms with Crippen molar-refractivity contribution in [1.29, 1.82) is 0 Å². The Bertz CT molecular complexity index is 1560. The maximum atomic E-state index is 12.6. The Hall–Kier alpha value is -3.11. The van der Waals surface area contributed by atoms with Crippen LogP contribution in [0.2, 0.25) is 0 Å². The summed E-state index contributed by atoms with van der Waals surface area (Å²) < 4.78 is 36.2. The Kier molecular flexibility index (Phi) is 9.43. The predicted molar refractivity (Wildman–Crippen MR) is 153 cm³/mol. The smallest absolute Gasteiger partial charge is 0.361 e. The van der Waals surface area contributed by atoms with Crippen molar-refractivity contribution in [3.05, 3.63) is 17.8 Å². The number of hydrogen-bond donors (Lipinski definition) is 6. The second kappa shape index (κ2) is 13.3. The van der Waals surface area contributed by atoms with Crippen LogP contribution in [0.3, 0.4) is 0 Å².